The van der Waals surface area contributed by atoms with Gasteiger partial charge in [-0.2, -0.15) is 17.5 Å². The molecule has 0 radical (unpaired) electrons. The van der Waals surface area contributed by atoms with Crippen LogP contribution in [0.15, 0.2) is 47.4 Å². The Balaban J connectivity index is 1.57. The van der Waals surface area contributed by atoms with E-state index in [9.17, 15) is 31.2 Å². The maximum absolute atomic E-state index is 12.9. The Morgan fingerprint density at radius 2 is 1.70 bits per heavy atom. The maximum atomic E-state index is 12.9. The highest BCUT2D eigenvalue weighted by molar-refractivity contribution is 7.89. The Labute approximate surface area is 190 Å². The number of sulfonamides is 1. The number of rotatable bonds is 6. The standard InChI is InChI=1S/C23H24F3NO5S/c1-15-6-7-18(12-16(15)2)21(28)14-32-22(29)17-8-10-27(11-9-17)33(30,31)20-5-3-4-19(13-20)23(24,25)26/h3-7,12-13,17H,8-11,14H2,1-2H3. The summed E-state index contributed by atoms with van der Waals surface area (Å²) in [5, 5.41) is 0. The van der Waals surface area contributed by atoms with Crippen molar-refractivity contribution in [3.05, 3.63) is 64.7 Å². The van der Waals surface area contributed by atoms with E-state index in [1.165, 1.54) is 0 Å². The summed E-state index contributed by atoms with van der Waals surface area (Å²) in [6.07, 6.45) is -4.36. The summed E-state index contributed by atoms with van der Waals surface area (Å²) in [6, 6.07) is 8.77. The number of halogens is 3. The van der Waals surface area contributed by atoms with Crippen LogP contribution in [0.1, 0.15) is 39.9 Å². The number of carbonyl (C=O) groups excluding carboxylic acids is 2. The summed E-state index contributed by atoms with van der Waals surface area (Å²) < 4.78 is 70.5. The summed E-state index contributed by atoms with van der Waals surface area (Å²) in [5.41, 5.74) is 1.38. The third kappa shape index (κ3) is 5.80. The number of alkyl halides is 3. The molecule has 1 saturated heterocycles. The van der Waals surface area contributed by atoms with E-state index in [0.717, 1.165) is 33.6 Å². The minimum absolute atomic E-state index is 0.0382. The number of esters is 1. The number of hydrogen-bond acceptors (Lipinski definition) is 5. The van der Waals surface area contributed by atoms with Gasteiger partial charge in [0.2, 0.25) is 10.0 Å². The van der Waals surface area contributed by atoms with Gasteiger partial charge in [0.1, 0.15) is 0 Å². The van der Waals surface area contributed by atoms with Crippen LogP contribution in [0.4, 0.5) is 13.2 Å². The van der Waals surface area contributed by atoms with Crippen molar-refractivity contribution >= 4 is 21.8 Å². The third-order valence-electron chi connectivity index (χ3n) is 5.76. The molecule has 3 rings (SSSR count). The zero-order valence-electron chi connectivity index (χ0n) is 18.2. The van der Waals surface area contributed by atoms with Crippen molar-refractivity contribution < 1.29 is 35.9 Å². The van der Waals surface area contributed by atoms with Crippen LogP contribution in [-0.2, 0) is 25.7 Å². The van der Waals surface area contributed by atoms with Crippen molar-refractivity contribution in [2.24, 2.45) is 5.92 Å². The van der Waals surface area contributed by atoms with Crippen molar-refractivity contribution in [3.8, 4) is 0 Å². The van der Waals surface area contributed by atoms with Crippen LogP contribution in [0.3, 0.4) is 0 Å². The molecule has 0 aliphatic carbocycles. The van der Waals surface area contributed by atoms with Crippen LogP contribution in [0.25, 0.3) is 0 Å². The van der Waals surface area contributed by atoms with E-state index < -0.39 is 45.2 Å². The van der Waals surface area contributed by atoms with Crippen molar-refractivity contribution in [1.82, 2.24) is 4.31 Å². The second-order valence-corrected chi connectivity index (χ2v) is 9.97. The Morgan fingerprint density at radius 3 is 2.30 bits per heavy atom. The molecule has 6 nitrogen and oxygen atoms in total. The molecule has 1 aliphatic rings. The van der Waals surface area contributed by atoms with Gasteiger partial charge in [0.15, 0.2) is 12.4 Å². The first kappa shape index (κ1) is 24.9. The molecule has 2 aromatic carbocycles. The van der Waals surface area contributed by atoms with Crippen molar-refractivity contribution in [1.29, 1.82) is 0 Å². The zero-order chi connectivity index (χ0) is 24.4. The van der Waals surface area contributed by atoms with Crippen LogP contribution >= 0.6 is 0 Å². The van der Waals surface area contributed by atoms with E-state index in [-0.39, 0.29) is 31.7 Å². The summed E-state index contributed by atoms with van der Waals surface area (Å²) in [4.78, 5) is 24.2. The molecule has 1 fully saturated rings. The monoisotopic (exact) mass is 483 g/mol. The molecule has 0 atom stereocenters. The van der Waals surface area contributed by atoms with Gasteiger partial charge in [-0.15, -0.1) is 0 Å². The number of hydrogen-bond donors (Lipinski definition) is 0. The molecular formula is C23H24F3NO5S. The van der Waals surface area contributed by atoms with Gasteiger partial charge in [-0.3, -0.25) is 9.59 Å². The number of Topliss-reactive ketones (excluding diaryl/α,β-unsaturated/α-hetero) is 1. The molecule has 10 heteroatoms. The SMILES string of the molecule is Cc1ccc(C(=O)COC(=O)C2CCN(S(=O)(=O)c3cccc(C(F)(F)F)c3)CC2)cc1C. The minimum atomic E-state index is -4.66. The van der Waals surface area contributed by atoms with Gasteiger partial charge >= 0.3 is 12.1 Å². The number of aryl methyl sites for hydroxylation is 2. The third-order valence-corrected chi connectivity index (χ3v) is 7.66. The van der Waals surface area contributed by atoms with E-state index in [2.05, 4.69) is 0 Å². The van der Waals surface area contributed by atoms with Gasteiger partial charge in [-0.1, -0.05) is 18.2 Å². The van der Waals surface area contributed by atoms with E-state index >= 15 is 0 Å². The van der Waals surface area contributed by atoms with Gasteiger partial charge in [-0.25, -0.2) is 8.42 Å². The highest BCUT2D eigenvalue weighted by Crippen LogP contribution is 2.32. The summed E-state index contributed by atoms with van der Waals surface area (Å²) in [7, 11) is -4.14. The second-order valence-electron chi connectivity index (χ2n) is 8.03. The highest BCUT2D eigenvalue weighted by atomic mass is 32.2. The normalized spacial score (nSPS) is 15.9. The fraction of sp³-hybridized carbons (Fsp3) is 0.391. The lowest BCUT2D eigenvalue weighted by atomic mass is 9.98. The average molecular weight is 484 g/mol. The van der Waals surface area contributed by atoms with E-state index in [4.69, 9.17) is 4.74 Å². The van der Waals surface area contributed by atoms with Gasteiger partial charge in [0.05, 0.1) is 16.4 Å². The topological polar surface area (TPSA) is 80.8 Å². The van der Waals surface area contributed by atoms with E-state index in [1.54, 1.807) is 12.1 Å². The Hall–Kier alpha value is -2.72. The number of ketones is 1. The van der Waals surface area contributed by atoms with Crippen molar-refractivity contribution in [2.45, 2.75) is 37.8 Å². The average Bonchev–Trinajstić information content (AvgIpc) is 2.78. The minimum Gasteiger partial charge on any atom is -0.457 e. The van der Waals surface area contributed by atoms with E-state index in [1.807, 2.05) is 19.9 Å². The first-order chi connectivity index (χ1) is 15.4. The first-order valence-corrected chi connectivity index (χ1v) is 11.8. The molecule has 0 amide bonds. The molecule has 0 spiro atoms. The number of carbonyl (C=O) groups is 2. The number of benzene rings is 2. The Bertz CT molecular complexity index is 1150. The van der Waals surface area contributed by atoms with Gasteiger partial charge in [-0.05, 0) is 62.1 Å². The first-order valence-electron chi connectivity index (χ1n) is 10.3. The van der Waals surface area contributed by atoms with Gasteiger partial charge < -0.3 is 4.74 Å². The molecule has 0 unspecified atom stereocenters. The van der Waals surface area contributed by atoms with Crippen LogP contribution in [-0.4, -0.2) is 44.2 Å². The molecule has 33 heavy (non-hydrogen) atoms. The van der Waals surface area contributed by atoms with Crippen LogP contribution in [0.2, 0.25) is 0 Å². The molecule has 0 N–H and O–H groups in total. The number of nitrogens with zero attached hydrogens (tertiary/aromatic N) is 1. The quantitative estimate of drug-likeness (QED) is 0.456. The Morgan fingerprint density at radius 1 is 1.03 bits per heavy atom. The molecular weight excluding hydrogens is 459 g/mol. The summed E-state index contributed by atoms with van der Waals surface area (Å²) in [6.45, 7) is 3.31. The lowest BCUT2D eigenvalue weighted by Gasteiger charge is -2.30. The Kier molecular flexibility index (Phi) is 7.28. The van der Waals surface area contributed by atoms with Crippen LogP contribution in [0.5, 0.6) is 0 Å². The lowest BCUT2D eigenvalue weighted by Crippen LogP contribution is -2.40. The molecule has 0 aromatic heterocycles. The largest absolute Gasteiger partial charge is 0.457 e. The predicted octanol–water partition coefficient (Wildman–Crippen LogP) is 4.15. The molecule has 0 bridgehead atoms. The fourth-order valence-electron chi connectivity index (χ4n) is 3.57. The molecule has 2 aromatic rings. The number of piperidine rings is 1. The van der Waals surface area contributed by atoms with Crippen LogP contribution < -0.4 is 0 Å². The zero-order valence-corrected chi connectivity index (χ0v) is 19.0. The number of ether oxygens (including phenoxy) is 1. The van der Waals surface area contributed by atoms with Gasteiger partial charge in [0, 0.05) is 18.7 Å². The predicted molar refractivity (Wildman–Crippen MR) is 114 cm³/mol. The molecule has 178 valence electrons. The summed E-state index contributed by atoms with van der Waals surface area (Å²) >= 11 is 0. The van der Waals surface area contributed by atoms with Crippen molar-refractivity contribution in [2.75, 3.05) is 19.7 Å². The summed E-state index contributed by atoms with van der Waals surface area (Å²) in [5.74, 6) is -1.52. The van der Waals surface area contributed by atoms with Crippen molar-refractivity contribution in [3.63, 3.8) is 0 Å². The lowest BCUT2D eigenvalue weighted by molar-refractivity contribution is -0.148. The van der Waals surface area contributed by atoms with Crippen LogP contribution in [0, 0.1) is 19.8 Å². The molecule has 1 aliphatic heterocycles. The smallest absolute Gasteiger partial charge is 0.416 e. The highest BCUT2D eigenvalue weighted by Gasteiger charge is 2.35. The van der Waals surface area contributed by atoms with E-state index in [0.29, 0.717) is 11.6 Å². The molecule has 0 saturated carbocycles. The fourth-order valence-corrected chi connectivity index (χ4v) is 5.08. The maximum Gasteiger partial charge on any atom is 0.416 e. The second kappa shape index (κ2) is 9.64. The van der Waals surface area contributed by atoms with Gasteiger partial charge in [0.25, 0.3) is 0 Å². The molecule has 1 heterocycles.